The van der Waals surface area contributed by atoms with Crippen LogP contribution in [0.15, 0.2) is 29.0 Å². The van der Waals surface area contributed by atoms with E-state index in [1.807, 2.05) is 83.1 Å². The van der Waals surface area contributed by atoms with E-state index in [4.69, 9.17) is 27.9 Å². The molecule has 2 aromatic heterocycles. The molecule has 18 heteroatoms. The molecule has 0 spiro atoms. The van der Waals surface area contributed by atoms with Gasteiger partial charge in [0.2, 0.25) is 0 Å². The number of rotatable bonds is 2. The Morgan fingerprint density at radius 2 is 0.824 bits per heavy atom. The van der Waals surface area contributed by atoms with Gasteiger partial charge in [-0.2, -0.15) is 26.3 Å². The third-order valence-corrected chi connectivity index (χ3v) is 10.5. The van der Waals surface area contributed by atoms with E-state index >= 15 is 0 Å². The minimum Gasteiger partial charge on any atom is -0.405 e. The smallest absolute Gasteiger partial charge is 0.405 e. The van der Waals surface area contributed by atoms with E-state index in [1.54, 1.807) is 0 Å². The number of hydrogen-bond acceptors (Lipinski definition) is 8. The Kier molecular flexibility index (Phi) is 13.2. The van der Waals surface area contributed by atoms with Crippen molar-refractivity contribution in [1.29, 1.82) is 0 Å². The molecule has 3 saturated heterocycles. The fourth-order valence-corrected chi connectivity index (χ4v) is 5.07. The van der Waals surface area contributed by atoms with E-state index in [9.17, 15) is 26.3 Å². The van der Waals surface area contributed by atoms with Crippen LogP contribution >= 0.6 is 15.9 Å². The van der Waals surface area contributed by atoms with Crippen molar-refractivity contribution in [3.63, 3.8) is 0 Å². The van der Waals surface area contributed by atoms with Crippen molar-refractivity contribution in [2.75, 3.05) is 0 Å². The summed E-state index contributed by atoms with van der Waals surface area (Å²) >= 11 is 2.93. The Morgan fingerprint density at radius 1 is 0.529 bits per heavy atom. The SMILES string of the molecule is C.CC1(C)OB(B2OC(C)(C)C(C)(C)O2)OC1(C)C.Cc1ncc(B2OC(C)(C)C(C)(C)O2)cc1C(F)(F)F.Cc1ncc(Br)cc1C(F)(F)F. The minimum atomic E-state index is -4.43. The summed E-state index contributed by atoms with van der Waals surface area (Å²) in [4.78, 5) is 7.38. The first kappa shape index (κ1) is 45.5. The number of pyridine rings is 2. The van der Waals surface area contributed by atoms with Crippen LogP contribution in [0, 0.1) is 13.8 Å². The highest BCUT2D eigenvalue weighted by Gasteiger charge is 2.63. The molecular weight excluding hydrogens is 747 g/mol. The molecule has 0 amide bonds. The Hall–Kier alpha value is -1.69. The van der Waals surface area contributed by atoms with Gasteiger partial charge >= 0.3 is 33.5 Å². The standard InChI is InChI=1S/C13H17BF3NO2.C12H24B2O4.C7H5BrF3N.CH4/c1-8-10(13(15,16)17)6-9(7-18-8)14-19-11(2,3)12(4,5)20-14;1-9(2)10(3,4)16-13(15-9)14-17-11(5,6)12(7,8)18-14;1-4-6(7(9,10)11)2-5(8)3-12-4;/h6-7H,1-5H3;1-8H3;2-3H,1H3;1H4. The highest BCUT2D eigenvalue weighted by Crippen LogP contribution is 2.43. The van der Waals surface area contributed by atoms with Gasteiger partial charge in [-0.25, -0.2) is 0 Å². The number of aryl methyl sites for hydroxylation is 2. The molecule has 5 rings (SSSR count). The molecule has 0 saturated carbocycles. The first-order valence-electron chi connectivity index (χ1n) is 16.0. The molecule has 0 aliphatic carbocycles. The first-order chi connectivity index (χ1) is 22.2. The summed E-state index contributed by atoms with van der Waals surface area (Å²) in [7, 11) is -1.79. The molecule has 5 heterocycles. The maximum atomic E-state index is 12.9. The second-order valence-corrected chi connectivity index (χ2v) is 16.4. The summed E-state index contributed by atoms with van der Waals surface area (Å²) in [5.74, 6) is 0. The van der Waals surface area contributed by atoms with Crippen LogP contribution in [0.5, 0.6) is 0 Å². The summed E-state index contributed by atoms with van der Waals surface area (Å²) in [5.41, 5.74) is -3.88. The van der Waals surface area contributed by atoms with Crippen LogP contribution < -0.4 is 5.46 Å². The van der Waals surface area contributed by atoms with E-state index in [0.717, 1.165) is 12.1 Å². The Labute approximate surface area is 308 Å². The van der Waals surface area contributed by atoms with Crippen LogP contribution in [0.25, 0.3) is 0 Å². The second-order valence-electron chi connectivity index (χ2n) is 15.5. The zero-order chi connectivity index (χ0) is 38.7. The zero-order valence-electron chi connectivity index (χ0n) is 31.0. The van der Waals surface area contributed by atoms with Crippen LogP contribution in [0.1, 0.15) is 113 Å². The molecule has 0 atom stereocenters. The fraction of sp³-hybridized carbons (Fsp3) is 0.697. The molecule has 51 heavy (non-hydrogen) atoms. The lowest BCUT2D eigenvalue weighted by atomic mass is 9.49. The number of halogens is 7. The van der Waals surface area contributed by atoms with Gasteiger partial charge in [-0.3, -0.25) is 9.97 Å². The first-order valence-corrected chi connectivity index (χ1v) is 16.8. The van der Waals surface area contributed by atoms with Gasteiger partial charge in [0.25, 0.3) is 0 Å². The lowest BCUT2D eigenvalue weighted by molar-refractivity contribution is -0.139. The van der Waals surface area contributed by atoms with Crippen molar-refractivity contribution >= 4 is 42.5 Å². The maximum Gasteiger partial charge on any atom is 0.496 e. The Bertz CT molecular complexity index is 1460. The molecule has 2 aromatic rings. The molecule has 0 N–H and O–H groups in total. The molecule has 0 unspecified atom stereocenters. The van der Waals surface area contributed by atoms with E-state index in [0.29, 0.717) is 4.47 Å². The molecule has 0 radical (unpaired) electrons. The average Bonchev–Trinajstić information content (AvgIpc) is 3.38. The molecule has 3 aliphatic heterocycles. The summed E-state index contributed by atoms with van der Waals surface area (Å²) < 4.78 is 111. The molecule has 0 bridgehead atoms. The average molecular weight is 797 g/mol. The van der Waals surface area contributed by atoms with Gasteiger partial charge in [0.15, 0.2) is 0 Å². The van der Waals surface area contributed by atoms with Crippen LogP contribution in [-0.2, 0) is 40.3 Å². The van der Waals surface area contributed by atoms with Crippen LogP contribution in [0.3, 0.4) is 0 Å². The second kappa shape index (κ2) is 14.9. The summed E-state index contributed by atoms with van der Waals surface area (Å²) in [5, 5.41) is 0. The molecule has 286 valence electrons. The van der Waals surface area contributed by atoms with Crippen molar-refractivity contribution < 1.29 is 54.3 Å². The van der Waals surface area contributed by atoms with E-state index in [2.05, 4.69) is 25.9 Å². The predicted octanol–water partition coefficient (Wildman–Crippen LogP) is 8.76. The lowest BCUT2D eigenvalue weighted by Crippen LogP contribution is -2.41. The molecule has 0 aromatic carbocycles. The largest absolute Gasteiger partial charge is 0.496 e. The zero-order valence-corrected chi connectivity index (χ0v) is 32.6. The van der Waals surface area contributed by atoms with Gasteiger partial charge < -0.3 is 27.9 Å². The Morgan fingerprint density at radius 3 is 1.14 bits per heavy atom. The van der Waals surface area contributed by atoms with Gasteiger partial charge in [-0.05, 0) is 125 Å². The van der Waals surface area contributed by atoms with Gasteiger partial charge in [0.1, 0.15) is 0 Å². The van der Waals surface area contributed by atoms with Crippen LogP contribution in [-0.4, -0.2) is 64.7 Å². The van der Waals surface area contributed by atoms with Gasteiger partial charge in [0, 0.05) is 33.7 Å². The monoisotopic (exact) mass is 796 g/mol. The van der Waals surface area contributed by atoms with Crippen molar-refractivity contribution in [3.8, 4) is 0 Å². The highest BCUT2D eigenvalue weighted by atomic mass is 79.9. The summed E-state index contributed by atoms with van der Waals surface area (Å²) in [6, 6.07) is 2.06. The third-order valence-electron chi connectivity index (χ3n) is 10.1. The van der Waals surface area contributed by atoms with Gasteiger partial charge in [-0.1, -0.05) is 7.43 Å². The molecular formula is C33H50B3BrF6N2O6. The van der Waals surface area contributed by atoms with E-state index < -0.39 is 55.8 Å². The quantitative estimate of drug-likeness (QED) is 0.221. The number of alkyl halides is 6. The number of nitrogens with zero attached hydrogens (tertiary/aromatic N) is 2. The Balaban J connectivity index is 0.000000271. The minimum absolute atomic E-state index is 0. The molecule has 3 aliphatic rings. The number of hydrogen-bond donors (Lipinski definition) is 0. The van der Waals surface area contributed by atoms with Crippen molar-refractivity contribution in [2.24, 2.45) is 0 Å². The summed E-state index contributed by atoms with van der Waals surface area (Å²) in [6.07, 6.45) is -6.05. The number of aromatic nitrogens is 2. The van der Waals surface area contributed by atoms with E-state index in [1.165, 1.54) is 26.2 Å². The summed E-state index contributed by atoms with van der Waals surface area (Å²) in [6.45, 7) is 26.3. The lowest BCUT2D eigenvalue weighted by Gasteiger charge is -2.32. The van der Waals surface area contributed by atoms with Crippen molar-refractivity contribution in [2.45, 2.75) is 150 Å². The van der Waals surface area contributed by atoms with Crippen molar-refractivity contribution in [3.05, 3.63) is 51.5 Å². The third kappa shape index (κ3) is 10.1. The highest BCUT2D eigenvalue weighted by molar-refractivity contribution is 9.10. The van der Waals surface area contributed by atoms with Crippen molar-refractivity contribution in [1.82, 2.24) is 9.97 Å². The fourth-order valence-electron chi connectivity index (χ4n) is 4.74. The normalized spacial score (nSPS) is 22.4. The van der Waals surface area contributed by atoms with Gasteiger partial charge in [0.05, 0.1) is 44.7 Å². The van der Waals surface area contributed by atoms with Crippen LogP contribution in [0.4, 0.5) is 26.3 Å². The molecule has 3 fully saturated rings. The maximum absolute atomic E-state index is 12.9. The molecule has 8 nitrogen and oxygen atoms in total. The topological polar surface area (TPSA) is 81.2 Å². The van der Waals surface area contributed by atoms with Gasteiger partial charge in [-0.15, -0.1) is 0 Å². The predicted molar refractivity (Wildman–Crippen MR) is 190 cm³/mol. The van der Waals surface area contributed by atoms with E-state index in [-0.39, 0.29) is 46.7 Å². The van der Waals surface area contributed by atoms with Crippen LogP contribution in [0.2, 0.25) is 0 Å².